The number of methoxy groups -OCH3 is 1. The molecule has 0 bridgehead atoms. The number of Topliss-reactive ketones (excluding diaryl/α,β-unsaturated/α-hetero) is 1. The lowest BCUT2D eigenvalue weighted by molar-refractivity contribution is 0.101. The van der Waals surface area contributed by atoms with Gasteiger partial charge in [-0.2, -0.15) is 0 Å². The third-order valence-electron chi connectivity index (χ3n) is 4.73. The molecular weight excluding hydrogens is 424 g/mol. The number of amides is 1. The average Bonchev–Trinajstić information content (AvgIpc) is 2.78. The predicted molar refractivity (Wildman–Crippen MR) is 127 cm³/mol. The first-order valence-electron chi connectivity index (χ1n) is 10.2. The highest BCUT2D eigenvalue weighted by Gasteiger charge is 2.20. The Morgan fingerprint density at radius 3 is 2.47 bits per heavy atom. The van der Waals surface area contributed by atoms with Crippen LogP contribution in [0.2, 0.25) is 0 Å². The number of rotatable bonds is 9. The zero-order valence-electron chi connectivity index (χ0n) is 18.6. The van der Waals surface area contributed by atoms with Crippen molar-refractivity contribution >= 4 is 29.1 Å². The molecule has 0 unspecified atom stereocenters. The van der Waals surface area contributed by atoms with Crippen molar-refractivity contribution in [3.05, 3.63) is 77.0 Å². The van der Waals surface area contributed by atoms with Crippen LogP contribution < -0.4 is 14.8 Å². The van der Waals surface area contributed by atoms with Crippen molar-refractivity contribution in [1.29, 1.82) is 0 Å². The Labute approximate surface area is 192 Å². The van der Waals surface area contributed by atoms with Crippen LogP contribution in [0, 0.1) is 13.8 Å². The van der Waals surface area contributed by atoms with E-state index >= 15 is 0 Å². The van der Waals surface area contributed by atoms with Crippen LogP contribution >= 0.6 is 11.8 Å². The van der Waals surface area contributed by atoms with Gasteiger partial charge in [0.1, 0.15) is 16.5 Å². The zero-order chi connectivity index (χ0) is 23.1. The summed E-state index contributed by atoms with van der Waals surface area (Å²) in [4.78, 5) is 30.4. The maximum absolute atomic E-state index is 13.2. The van der Waals surface area contributed by atoms with E-state index in [2.05, 4.69) is 10.3 Å². The number of carbonyl (C=O) groups is 2. The number of aryl methyl sites for hydroxylation is 2. The fourth-order valence-electron chi connectivity index (χ4n) is 3.21. The fraction of sp³-hybridized carbons (Fsp3) is 0.240. The molecule has 1 N–H and O–H groups in total. The zero-order valence-corrected chi connectivity index (χ0v) is 19.4. The molecule has 0 saturated heterocycles. The highest BCUT2D eigenvalue weighted by atomic mass is 32.2. The van der Waals surface area contributed by atoms with Gasteiger partial charge in [-0.25, -0.2) is 4.98 Å². The van der Waals surface area contributed by atoms with E-state index in [4.69, 9.17) is 9.47 Å². The number of benzene rings is 2. The van der Waals surface area contributed by atoms with Gasteiger partial charge in [0.25, 0.3) is 5.91 Å². The van der Waals surface area contributed by atoms with Crippen molar-refractivity contribution in [2.75, 3.05) is 24.8 Å². The largest absolute Gasteiger partial charge is 0.497 e. The van der Waals surface area contributed by atoms with Crippen LogP contribution in [0.5, 0.6) is 11.5 Å². The Hall–Kier alpha value is -3.32. The topological polar surface area (TPSA) is 77.5 Å². The number of para-hydroxylation sites is 2. The smallest absolute Gasteiger partial charge is 0.258 e. The molecule has 0 fully saturated rings. The van der Waals surface area contributed by atoms with Gasteiger partial charge >= 0.3 is 0 Å². The second-order valence-electron chi connectivity index (χ2n) is 7.08. The van der Waals surface area contributed by atoms with E-state index in [0.29, 0.717) is 39.9 Å². The van der Waals surface area contributed by atoms with Crippen LogP contribution in [-0.4, -0.2) is 36.1 Å². The second-order valence-corrected chi connectivity index (χ2v) is 8.05. The number of nitrogens with one attached hydrogen (secondary N) is 1. The summed E-state index contributed by atoms with van der Waals surface area (Å²) in [6.45, 7) is 6.12. The molecule has 3 rings (SSSR count). The number of aromatic nitrogens is 1. The lowest BCUT2D eigenvalue weighted by Crippen LogP contribution is -2.17. The monoisotopic (exact) mass is 450 g/mol. The van der Waals surface area contributed by atoms with Crippen molar-refractivity contribution in [1.82, 2.24) is 4.98 Å². The maximum atomic E-state index is 13.2. The molecule has 0 radical (unpaired) electrons. The Kier molecular flexibility index (Phi) is 7.89. The average molecular weight is 451 g/mol. The van der Waals surface area contributed by atoms with Crippen molar-refractivity contribution < 1.29 is 19.1 Å². The molecule has 0 aliphatic carbocycles. The van der Waals surface area contributed by atoms with Gasteiger partial charge in [0, 0.05) is 11.3 Å². The molecule has 1 aromatic heterocycles. The Morgan fingerprint density at radius 1 is 1.06 bits per heavy atom. The van der Waals surface area contributed by atoms with E-state index in [1.54, 1.807) is 37.4 Å². The number of hydrogen-bond acceptors (Lipinski definition) is 6. The van der Waals surface area contributed by atoms with Crippen molar-refractivity contribution in [3.8, 4) is 11.5 Å². The molecule has 7 heteroatoms. The quantitative estimate of drug-likeness (QED) is 0.351. The highest BCUT2D eigenvalue weighted by Crippen LogP contribution is 2.29. The third kappa shape index (κ3) is 5.68. The molecular formula is C25H26N2O4S. The summed E-state index contributed by atoms with van der Waals surface area (Å²) in [5.74, 6) is 1.12. The Morgan fingerprint density at radius 2 is 1.78 bits per heavy atom. The number of hydrogen-bond donors (Lipinski definition) is 1. The molecule has 0 atom stereocenters. The molecule has 6 nitrogen and oxygen atoms in total. The predicted octanol–water partition coefficient (Wildman–Crippen LogP) is 5.33. The molecule has 3 aromatic rings. The summed E-state index contributed by atoms with van der Waals surface area (Å²) in [6, 6.07) is 16.1. The maximum Gasteiger partial charge on any atom is 0.258 e. The van der Waals surface area contributed by atoms with Gasteiger partial charge in [0.2, 0.25) is 0 Å². The summed E-state index contributed by atoms with van der Waals surface area (Å²) in [5.41, 5.74) is 3.20. The Bertz CT molecular complexity index is 1110. The first-order valence-corrected chi connectivity index (χ1v) is 11.2. The van der Waals surface area contributed by atoms with Crippen LogP contribution in [0.3, 0.4) is 0 Å². The van der Waals surface area contributed by atoms with Crippen molar-refractivity contribution in [2.24, 2.45) is 0 Å². The van der Waals surface area contributed by atoms with Crippen LogP contribution in [-0.2, 0) is 0 Å². The minimum Gasteiger partial charge on any atom is -0.497 e. The first-order chi connectivity index (χ1) is 15.4. The number of pyridine rings is 1. The van der Waals surface area contributed by atoms with Gasteiger partial charge in [0.05, 0.1) is 30.7 Å². The van der Waals surface area contributed by atoms with Crippen LogP contribution in [0.25, 0.3) is 0 Å². The molecule has 32 heavy (non-hydrogen) atoms. The van der Waals surface area contributed by atoms with E-state index in [-0.39, 0.29) is 17.4 Å². The number of carbonyl (C=O) groups excluding carboxylic acids is 2. The second kappa shape index (κ2) is 10.8. The summed E-state index contributed by atoms with van der Waals surface area (Å²) in [6.07, 6.45) is 0. The fourth-order valence-corrected chi connectivity index (χ4v) is 4.25. The molecule has 0 aliphatic heterocycles. The van der Waals surface area contributed by atoms with Gasteiger partial charge in [-0.3, -0.25) is 9.59 Å². The SMILES string of the molecule is CCOc1ccccc1NC(=O)c1c(C)cc(C)nc1SCC(=O)c1ccc(OC)cc1. The standard InChI is InChI=1S/C25H26N2O4S/c1-5-31-22-9-7-6-8-20(22)27-24(29)23-16(2)14-17(3)26-25(23)32-15-21(28)18-10-12-19(30-4)13-11-18/h6-14H,5,15H2,1-4H3,(H,27,29). The minimum atomic E-state index is -0.290. The van der Waals surface area contributed by atoms with Gasteiger partial charge in [-0.1, -0.05) is 23.9 Å². The molecule has 1 heterocycles. The van der Waals surface area contributed by atoms with E-state index in [1.165, 1.54) is 11.8 Å². The van der Waals surface area contributed by atoms with Crippen LogP contribution in [0.1, 0.15) is 38.9 Å². The van der Waals surface area contributed by atoms with E-state index in [1.807, 2.05) is 45.0 Å². The Balaban J connectivity index is 1.81. The third-order valence-corrected chi connectivity index (χ3v) is 5.70. The summed E-state index contributed by atoms with van der Waals surface area (Å²) in [5, 5.41) is 3.45. The van der Waals surface area contributed by atoms with Gasteiger partial charge in [0.15, 0.2) is 5.78 Å². The normalized spacial score (nSPS) is 10.5. The molecule has 1 amide bonds. The molecule has 166 valence electrons. The van der Waals surface area contributed by atoms with Crippen LogP contribution in [0.15, 0.2) is 59.6 Å². The number of anilines is 1. The number of ether oxygens (including phenoxy) is 2. The van der Waals surface area contributed by atoms with Crippen LogP contribution in [0.4, 0.5) is 5.69 Å². The minimum absolute atomic E-state index is 0.0494. The van der Waals surface area contributed by atoms with E-state index < -0.39 is 0 Å². The van der Waals surface area contributed by atoms with Gasteiger partial charge < -0.3 is 14.8 Å². The molecule has 0 spiro atoms. The number of nitrogens with zero attached hydrogens (tertiary/aromatic N) is 1. The molecule has 0 saturated carbocycles. The molecule has 2 aromatic carbocycles. The lowest BCUT2D eigenvalue weighted by Gasteiger charge is -2.15. The number of thioether (sulfide) groups is 1. The van der Waals surface area contributed by atoms with E-state index in [0.717, 1.165) is 11.3 Å². The van der Waals surface area contributed by atoms with E-state index in [9.17, 15) is 9.59 Å². The lowest BCUT2D eigenvalue weighted by atomic mass is 10.1. The summed E-state index contributed by atoms with van der Waals surface area (Å²) < 4.78 is 10.7. The van der Waals surface area contributed by atoms with Gasteiger partial charge in [-0.15, -0.1) is 0 Å². The first kappa shape index (κ1) is 23.3. The van der Waals surface area contributed by atoms with Gasteiger partial charge in [-0.05, 0) is 68.8 Å². The summed E-state index contributed by atoms with van der Waals surface area (Å²) in [7, 11) is 1.58. The van der Waals surface area contributed by atoms with Crippen molar-refractivity contribution in [2.45, 2.75) is 25.8 Å². The number of ketones is 1. The van der Waals surface area contributed by atoms with Crippen molar-refractivity contribution in [3.63, 3.8) is 0 Å². The molecule has 0 aliphatic rings. The summed E-state index contributed by atoms with van der Waals surface area (Å²) >= 11 is 1.26. The highest BCUT2D eigenvalue weighted by molar-refractivity contribution is 8.00.